The van der Waals surface area contributed by atoms with E-state index in [1.165, 1.54) is 34.4 Å². The molecule has 0 saturated heterocycles. The lowest BCUT2D eigenvalue weighted by Gasteiger charge is -2.35. The Balaban J connectivity index is 1.52. The molecule has 5 nitrogen and oxygen atoms in total. The number of aromatic nitrogens is 3. The van der Waals surface area contributed by atoms with Gasteiger partial charge in [0, 0.05) is 19.3 Å². The third-order valence-corrected chi connectivity index (χ3v) is 6.35. The molecule has 2 aromatic carbocycles. The second kappa shape index (κ2) is 8.61. The van der Waals surface area contributed by atoms with Crippen LogP contribution in [-0.4, -0.2) is 19.9 Å². The summed E-state index contributed by atoms with van der Waals surface area (Å²) in [4.78, 5) is 15.7. The fraction of sp³-hybridized carbons (Fsp3) is 0.308. The fourth-order valence-corrected chi connectivity index (χ4v) is 4.81. The number of para-hydroxylation sites is 2. The topological polar surface area (TPSA) is 70.8 Å². The van der Waals surface area contributed by atoms with E-state index in [1.54, 1.807) is 0 Å². The third kappa shape index (κ3) is 4.11. The first-order chi connectivity index (χ1) is 15.2. The van der Waals surface area contributed by atoms with Crippen molar-refractivity contribution in [3.63, 3.8) is 0 Å². The molecular formula is C26H29N5. The smallest absolute Gasteiger partial charge is 0.121 e. The molecule has 31 heavy (non-hydrogen) atoms. The summed E-state index contributed by atoms with van der Waals surface area (Å²) in [6.07, 6.45) is 5.32. The highest BCUT2D eigenvalue weighted by atomic mass is 15.2. The zero-order valence-corrected chi connectivity index (χ0v) is 18.0. The van der Waals surface area contributed by atoms with Gasteiger partial charge in [0.2, 0.25) is 0 Å². The number of fused-ring (bicyclic) bond motifs is 2. The van der Waals surface area contributed by atoms with E-state index >= 15 is 0 Å². The first-order valence-electron chi connectivity index (χ1n) is 11.1. The van der Waals surface area contributed by atoms with Crippen LogP contribution in [0.1, 0.15) is 52.7 Å². The van der Waals surface area contributed by atoms with Crippen molar-refractivity contribution in [2.24, 2.45) is 5.73 Å². The number of H-pyrrole nitrogens is 1. The summed E-state index contributed by atoms with van der Waals surface area (Å²) < 4.78 is 0. The number of nitrogens with one attached hydrogen (secondary N) is 1. The average Bonchev–Trinajstić information content (AvgIpc) is 3.21. The number of benzene rings is 2. The highest BCUT2D eigenvalue weighted by Crippen LogP contribution is 2.35. The van der Waals surface area contributed by atoms with Gasteiger partial charge in [-0.25, -0.2) is 4.98 Å². The minimum absolute atomic E-state index is 0.269. The van der Waals surface area contributed by atoms with Crippen LogP contribution in [0.25, 0.3) is 11.0 Å². The molecule has 0 fully saturated rings. The molecule has 0 amide bonds. The van der Waals surface area contributed by atoms with Gasteiger partial charge < -0.3 is 10.7 Å². The molecule has 1 atom stereocenters. The molecule has 5 rings (SSSR count). The predicted octanol–water partition coefficient (Wildman–Crippen LogP) is 4.80. The van der Waals surface area contributed by atoms with Crippen LogP contribution in [0.15, 0.2) is 60.8 Å². The Kier molecular flexibility index (Phi) is 5.53. The Morgan fingerprint density at radius 3 is 2.84 bits per heavy atom. The normalized spacial score (nSPS) is 16.0. The first-order valence-corrected chi connectivity index (χ1v) is 11.1. The van der Waals surface area contributed by atoms with E-state index in [2.05, 4.69) is 59.3 Å². The summed E-state index contributed by atoms with van der Waals surface area (Å²) in [5, 5.41) is 0. The molecule has 0 saturated carbocycles. The maximum atomic E-state index is 6.10. The molecule has 0 bridgehead atoms. The van der Waals surface area contributed by atoms with Gasteiger partial charge in [0.1, 0.15) is 5.82 Å². The zero-order valence-electron chi connectivity index (χ0n) is 18.0. The molecular weight excluding hydrogens is 382 g/mol. The van der Waals surface area contributed by atoms with Crippen LogP contribution in [0, 0.1) is 6.92 Å². The van der Waals surface area contributed by atoms with E-state index < -0.39 is 0 Å². The maximum absolute atomic E-state index is 6.10. The number of hydrogen-bond acceptors (Lipinski definition) is 4. The van der Waals surface area contributed by atoms with Crippen molar-refractivity contribution in [3.05, 3.63) is 94.6 Å². The lowest BCUT2D eigenvalue weighted by atomic mass is 9.90. The molecule has 4 aromatic rings. The molecule has 0 aliphatic heterocycles. The van der Waals surface area contributed by atoms with Crippen molar-refractivity contribution < 1.29 is 0 Å². The summed E-state index contributed by atoms with van der Waals surface area (Å²) >= 11 is 0. The van der Waals surface area contributed by atoms with Gasteiger partial charge in [0.15, 0.2) is 0 Å². The van der Waals surface area contributed by atoms with Crippen molar-refractivity contribution >= 4 is 11.0 Å². The average molecular weight is 412 g/mol. The molecule has 158 valence electrons. The van der Waals surface area contributed by atoms with Crippen LogP contribution in [0.3, 0.4) is 0 Å². The standard InChI is InChI=1S/C26H29N5/c1-18-11-12-20(21(14-18)15-27)16-31(17-25-29-22-8-2-3-9-23(22)30-25)24-10-4-6-19-7-5-13-28-26(19)24/h2-3,5,7-9,11-14,24H,4,6,10,15-17,27H2,1H3,(H,29,30). The lowest BCUT2D eigenvalue weighted by molar-refractivity contribution is 0.153. The van der Waals surface area contributed by atoms with Gasteiger partial charge in [-0.1, -0.05) is 42.0 Å². The second-order valence-electron chi connectivity index (χ2n) is 8.54. The van der Waals surface area contributed by atoms with Crippen LogP contribution < -0.4 is 5.73 Å². The Bertz CT molecular complexity index is 1160. The Morgan fingerprint density at radius 2 is 1.97 bits per heavy atom. The van der Waals surface area contributed by atoms with E-state index in [4.69, 9.17) is 15.7 Å². The Morgan fingerprint density at radius 1 is 1.06 bits per heavy atom. The summed E-state index contributed by atoms with van der Waals surface area (Å²) in [7, 11) is 0. The van der Waals surface area contributed by atoms with Gasteiger partial charge in [0.25, 0.3) is 0 Å². The van der Waals surface area contributed by atoms with E-state index in [9.17, 15) is 0 Å². The van der Waals surface area contributed by atoms with E-state index in [0.29, 0.717) is 6.54 Å². The second-order valence-corrected chi connectivity index (χ2v) is 8.54. The minimum Gasteiger partial charge on any atom is -0.341 e. The van der Waals surface area contributed by atoms with Crippen LogP contribution in [0.5, 0.6) is 0 Å². The van der Waals surface area contributed by atoms with Crippen LogP contribution in [0.2, 0.25) is 0 Å². The summed E-state index contributed by atoms with van der Waals surface area (Å²) in [5.41, 5.74) is 14.5. The monoisotopic (exact) mass is 411 g/mol. The molecule has 0 spiro atoms. The quantitative estimate of drug-likeness (QED) is 0.478. The maximum Gasteiger partial charge on any atom is 0.121 e. The Hall–Kier alpha value is -3.02. The molecule has 1 aliphatic carbocycles. The molecule has 2 heterocycles. The van der Waals surface area contributed by atoms with Gasteiger partial charge in [-0.2, -0.15) is 0 Å². The molecule has 2 aromatic heterocycles. The van der Waals surface area contributed by atoms with Crippen molar-refractivity contribution in [2.45, 2.75) is 51.9 Å². The lowest BCUT2D eigenvalue weighted by Crippen LogP contribution is -2.32. The van der Waals surface area contributed by atoms with E-state index in [-0.39, 0.29) is 6.04 Å². The number of nitrogens with zero attached hydrogens (tertiary/aromatic N) is 3. The summed E-state index contributed by atoms with van der Waals surface area (Å²) in [6, 6.07) is 19.4. The number of pyridine rings is 1. The number of imidazole rings is 1. The van der Waals surface area contributed by atoms with Crippen molar-refractivity contribution in [1.29, 1.82) is 0 Å². The number of aryl methyl sites for hydroxylation is 2. The largest absolute Gasteiger partial charge is 0.341 e. The van der Waals surface area contributed by atoms with Crippen molar-refractivity contribution in [3.8, 4) is 0 Å². The zero-order chi connectivity index (χ0) is 21.2. The molecule has 1 aliphatic rings. The predicted molar refractivity (Wildman–Crippen MR) is 124 cm³/mol. The molecule has 1 unspecified atom stereocenters. The molecule has 3 N–H and O–H groups in total. The van der Waals surface area contributed by atoms with Crippen LogP contribution in [-0.2, 0) is 26.1 Å². The third-order valence-electron chi connectivity index (χ3n) is 6.35. The van der Waals surface area contributed by atoms with E-state index in [1.807, 2.05) is 18.3 Å². The van der Waals surface area contributed by atoms with Gasteiger partial charge in [-0.05, 0) is 61.1 Å². The molecule has 5 heteroatoms. The van der Waals surface area contributed by atoms with Crippen molar-refractivity contribution in [1.82, 2.24) is 19.9 Å². The van der Waals surface area contributed by atoms with Gasteiger partial charge in [-0.3, -0.25) is 9.88 Å². The number of rotatable bonds is 6. The van der Waals surface area contributed by atoms with Gasteiger partial charge in [0.05, 0.1) is 29.3 Å². The fourth-order valence-electron chi connectivity index (χ4n) is 4.81. The van der Waals surface area contributed by atoms with Crippen LogP contribution in [0.4, 0.5) is 0 Å². The summed E-state index contributed by atoms with van der Waals surface area (Å²) in [5.74, 6) is 0.991. The SMILES string of the molecule is Cc1ccc(CN(Cc2nc3ccccc3[nH]2)C2CCCc3cccnc32)c(CN)c1. The number of aromatic amines is 1. The van der Waals surface area contributed by atoms with Crippen molar-refractivity contribution in [2.75, 3.05) is 0 Å². The summed E-state index contributed by atoms with van der Waals surface area (Å²) in [6.45, 7) is 4.24. The number of nitrogens with two attached hydrogens (primary N) is 1. The van der Waals surface area contributed by atoms with Gasteiger partial charge >= 0.3 is 0 Å². The Labute approximate surface area is 183 Å². The van der Waals surface area contributed by atoms with Gasteiger partial charge in [-0.15, -0.1) is 0 Å². The molecule has 0 radical (unpaired) electrons. The number of hydrogen-bond donors (Lipinski definition) is 2. The highest BCUT2D eigenvalue weighted by molar-refractivity contribution is 5.74. The highest BCUT2D eigenvalue weighted by Gasteiger charge is 2.28. The minimum atomic E-state index is 0.269. The first kappa shape index (κ1) is 19.9. The van der Waals surface area contributed by atoms with E-state index in [0.717, 1.165) is 42.8 Å². The van der Waals surface area contributed by atoms with Crippen LogP contribution >= 0.6 is 0 Å².